The first-order valence-electron chi connectivity index (χ1n) is 9.04. The smallest absolute Gasteiger partial charge is 0.254 e. The van der Waals surface area contributed by atoms with Crippen LogP contribution in [-0.2, 0) is 6.54 Å². The van der Waals surface area contributed by atoms with Crippen LogP contribution in [0.15, 0.2) is 59.2 Å². The number of ether oxygens (including phenoxy) is 1. The molecule has 0 radical (unpaired) electrons. The monoisotopic (exact) mass is 437 g/mol. The molecule has 1 aliphatic heterocycles. The third-order valence-electron chi connectivity index (χ3n) is 4.85. The molecule has 2 heterocycles. The van der Waals surface area contributed by atoms with Crippen molar-refractivity contribution in [1.82, 2.24) is 9.88 Å². The number of fused-ring (bicyclic) bond motifs is 1. The number of amides is 1. The Hall–Kier alpha value is -2.86. The van der Waals surface area contributed by atoms with Crippen molar-refractivity contribution >= 4 is 27.7 Å². The Morgan fingerprint density at radius 2 is 1.96 bits per heavy atom. The van der Waals surface area contributed by atoms with Crippen LogP contribution in [0.4, 0.5) is 5.82 Å². The molecule has 2 N–H and O–H groups in total. The topological polar surface area (TPSA) is 68.5 Å². The predicted octanol–water partition coefficient (Wildman–Crippen LogP) is 4.44. The molecule has 1 amide bonds. The first-order valence-corrected chi connectivity index (χ1v) is 9.83. The van der Waals surface area contributed by atoms with Crippen LogP contribution in [0.2, 0.25) is 0 Å². The van der Waals surface area contributed by atoms with E-state index in [1.807, 2.05) is 48.2 Å². The third kappa shape index (κ3) is 3.73. The van der Waals surface area contributed by atoms with E-state index in [4.69, 9.17) is 10.5 Å². The second-order valence-corrected chi connectivity index (χ2v) is 7.69. The molecule has 2 aromatic carbocycles. The van der Waals surface area contributed by atoms with Crippen molar-refractivity contribution in [2.45, 2.75) is 13.5 Å². The lowest BCUT2D eigenvalue weighted by Gasteiger charge is -2.20. The number of carbonyl (C=O) groups is 1. The third-order valence-corrected chi connectivity index (χ3v) is 5.74. The van der Waals surface area contributed by atoms with Crippen molar-refractivity contribution in [3.63, 3.8) is 0 Å². The first kappa shape index (κ1) is 18.5. The number of hydrogen-bond donors (Lipinski definition) is 1. The maximum absolute atomic E-state index is 13.0. The number of hydrogen-bond acceptors (Lipinski definition) is 4. The Bertz CT molecular complexity index is 1030. The summed E-state index contributed by atoms with van der Waals surface area (Å²) in [5, 5.41) is 0. The minimum absolute atomic E-state index is 0.00612. The molecule has 0 atom stereocenters. The number of nitrogens with zero attached hydrogens (tertiary/aromatic N) is 2. The Balaban J connectivity index is 1.63. The van der Waals surface area contributed by atoms with E-state index in [-0.39, 0.29) is 5.91 Å². The zero-order valence-electron chi connectivity index (χ0n) is 15.5. The van der Waals surface area contributed by atoms with Gasteiger partial charge in [-0.3, -0.25) is 4.79 Å². The fourth-order valence-electron chi connectivity index (χ4n) is 3.28. The van der Waals surface area contributed by atoms with Gasteiger partial charge in [0.2, 0.25) is 0 Å². The Morgan fingerprint density at radius 1 is 1.14 bits per heavy atom. The molecular formula is C22H20BrN3O2. The number of aromatic nitrogens is 1. The van der Waals surface area contributed by atoms with Crippen LogP contribution in [0.1, 0.15) is 21.5 Å². The second-order valence-electron chi connectivity index (χ2n) is 6.83. The average Bonchev–Trinajstić information content (AvgIpc) is 2.92. The quantitative estimate of drug-likeness (QED) is 0.643. The molecule has 0 saturated heterocycles. The standard InChI is InChI=1S/C22H20BrN3O2/c1-14-10-16(2-5-19(14)23)22(27)26-8-9-28-20-6-3-15(11-18(20)13-26)17-4-7-21(24)25-12-17/h2-7,10-12H,8-9,13H2,1H3,(H2,24,25). The Morgan fingerprint density at radius 3 is 2.71 bits per heavy atom. The first-order chi connectivity index (χ1) is 13.5. The molecule has 5 nitrogen and oxygen atoms in total. The highest BCUT2D eigenvalue weighted by molar-refractivity contribution is 9.10. The highest BCUT2D eigenvalue weighted by Crippen LogP contribution is 2.30. The van der Waals surface area contributed by atoms with E-state index in [2.05, 4.69) is 27.0 Å². The molecule has 4 rings (SSSR count). The number of pyridine rings is 1. The van der Waals surface area contributed by atoms with Gasteiger partial charge in [0, 0.05) is 33.9 Å². The van der Waals surface area contributed by atoms with Crippen molar-refractivity contribution in [3.8, 4) is 16.9 Å². The molecule has 28 heavy (non-hydrogen) atoms. The molecule has 3 aromatic rings. The van der Waals surface area contributed by atoms with Gasteiger partial charge in [0.25, 0.3) is 5.91 Å². The van der Waals surface area contributed by atoms with Crippen LogP contribution in [0.25, 0.3) is 11.1 Å². The van der Waals surface area contributed by atoms with Crippen LogP contribution >= 0.6 is 15.9 Å². The van der Waals surface area contributed by atoms with E-state index >= 15 is 0 Å². The molecule has 0 spiro atoms. The lowest BCUT2D eigenvalue weighted by Crippen LogP contribution is -2.32. The van der Waals surface area contributed by atoms with Gasteiger partial charge in [-0.15, -0.1) is 0 Å². The van der Waals surface area contributed by atoms with E-state index < -0.39 is 0 Å². The summed E-state index contributed by atoms with van der Waals surface area (Å²) < 4.78 is 6.88. The highest BCUT2D eigenvalue weighted by atomic mass is 79.9. The predicted molar refractivity (Wildman–Crippen MR) is 113 cm³/mol. The summed E-state index contributed by atoms with van der Waals surface area (Å²) in [5.41, 5.74) is 10.4. The van der Waals surface area contributed by atoms with Crippen molar-refractivity contribution < 1.29 is 9.53 Å². The molecule has 142 valence electrons. The van der Waals surface area contributed by atoms with E-state index in [0.29, 0.717) is 31.1 Å². The molecule has 0 fully saturated rings. The summed E-state index contributed by atoms with van der Waals surface area (Å²) in [7, 11) is 0. The summed E-state index contributed by atoms with van der Waals surface area (Å²) in [6.07, 6.45) is 1.75. The maximum Gasteiger partial charge on any atom is 0.254 e. The van der Waals surface area contributed by atoms with Gasteiger partial charge >= 0.3 is 0 Å². The van der Waals surface area contributed by atoms with E-state index in [9.17, 15) is 4.79 Å². The zero-order chi connectivity index (χ0) is 19.7. The van der Waals surface area contributed by atoms with Crippen molar-refractivity contribution in [3.05, 3.63) is 75.9 Å². The van der Waals surface area contributed by atoms with Crippen molar-refractivity contribution in [2.24, 2.45) is 0 Å². The number of nitrogens with two attached hydrogens (primary N) is 1. The highest BCUT2D eigenvalue weighted by Gasteiger charge is 2.22. The van der Waals surface area contributed by atoms with Crippen LogP contribution in [0.5, 0.6) is 5.75 Å². The number of nitrogen functional groups attached to an aromatic ring is 1. The van der Waals surface area contributed by atoms with E-state index in [1.165, 1.54) is 0 Å². The van der Waals surface area contributed by atoms with Crippen LogP contribution in [0, 0.1) is 6.92 Å². The van der Waals surface area contributed by atoms with Gasteiger partial charge in [-0.2, -0.15) is 0 Å². The Kier molecular flexibility index (Phi) is 5.05. The fourth-order valence-corrected chi connectivity index (χ4v) is 3.53. The summed E-state index contributed by atoms with van der Waals surface area (Å²) in [6, 6.07) is 15.4. The van der Waals surface area contributed by atoms with Crippen LogP contribution in [0.3, 0.4) is 0 Å². The zero-order valence-corrected chi connectivity index (χ0v) is 17.1. The van der Waals surface area contributed by atoms with Crippen molar-refractivity contribution in [1.29, 1.82) is 0 Å². The lowest BCUT2D eigenvalue weighted by atomic mass is 10.0. The molecule has 0 bridgehead atoms. The lowest BCUT2D eigenvalue weighted by molar-refractivity contribution is 0.0733. The van der Waals surface area contributed by atoms with Crippen molar-refractivity contribution in [2.75, 3.05) is 18.9 Å². The summed E-state index contributed by atoms with van der Waals surface area (Å²) >= 11 is 3.49. The largest absolute Gasteiger partial charge is 0.491 e. The molecule has 1 aromatic heterocycles. The van der Waals surface area contributed by atoms with Crippen LogP contribution < -0.4 is 10.5 Å². The molecule has 0 unspecified atom stereocenters. The summed E-state index contributed by atoms with van der Waals surface area (Å²) in [4.78, 5) is 19.0. The molecule has 1 aliphatic rings. The number of halogens is 1. The average molecular weight is 438 g/mol. The van der Waals surface area contributed by atoms with Gasteiger partial charge in [-0.25, -0.2) is 4.98 Å². The van der Waals surface area contributed by atoms with Gasteiger partial charge in [0.05, 0.1) is 6.54 Å². The molecule has 6 heteroatoms. The molecule has 0 aliphatic carbocycles. The van der Waals surface area contributed by atoms with E-state index in [1.54, 1.807) is 12.3 Å². The van der Waals surface area contributed by atoms with Gasteiger partial charge in [0.1, 0.15) is 18.2 Å². The summed E-state index contributed by atoms with van der Waals surface area (Å²) in [5.74, 6) is 1.31. The van der Waals surface area contributed by atoms with Gasteiger partial charge in [0.15, 0.2) is 0 Å². The number of carbonyl (C=O) groups excluding carboxylic acids is 1. The van der Waals surface area contributed by atoms with Gasteiger partial charge in [-0.05, 0) is 60.5 Å². The normalized spacial score (nSPS) is 13.4. The Labute approximate surface area is 172 Å². The SMILES string of the molecule is Cc1cc(C(=O)N2CCOc3ccc(-c4ccc(N)nc4)cc3C2)ccc1Br. The summed E-state index contributed by atoms with van der Waals surface area (Å²) in [6.45, 7) is 3.49. The van der Waals surface area contributed by atoms with Gasteiger partial charge < -0.3 is 15.4 Å². The van der Waals surface area contributed by atoms with Gasteiger partial charge in [-0.1, -0.05) is 22.0 Å². The second kappa shape index (κ2) is 7.64. The van der Waals surface area contributed by atoms with E-state index in [0.717, 1.165) is 32.5 Å². The minimum atomic E-state index is 0.00612. The fraction of sp³-hybridized carbons (Fsp3) is 0.182. The minimum Gasteiger partial charge on any atom is -0.491 e. The number of rotatable bonds is 2. The molecule has 0 saturated carbocycles. The number of benzene rings is 2. The maximum atomic E-state index is 13.0. The molecular weight excluding hydrogens is 418 g/mol. The number of anilines is 1. The number of aryl methyl sites for hydroxylation is 1. The van der Waals surface area contributed by atoms with Crippen LogP contribution in [-0.4, -0.2) is 28.9 Å².